The number of para-hydroxylation sites is 1. The van der Waals surface area contributed by atoms with E-state index >= 15 is 0 Å². The van der Waals surface area contributed by atoms with Crippen LogP contribution in [0.5, 0.6) is 0 Å². The molecule has 0 saturated carbocycles. The SMILES string of the molecule is Nc1nc2c(s1)CCN(CC=Cc1cccc3sc(N)nc13)CC2. The predicted molar refractivity (Wildman–Crippen MR) is 103 cm³/mol. The van der Waals surface area contributed by atoms with Crippen molar-refractivity contribution in [1.29, 1.82) is 0 Å². The van der Waals surface area contributed by atoms with Gasteiger partial charge in [0.05, 0.1) is 15.9 Å². The van der Waals surface area contributed by atoms with E-state index < -0.39 is 0 Å². The molecule has 4 N–H and O–H groups in total. The summed E-state index contributed by atoms with van der Waals surface area (Å²) in [4.78, 5) is 12.7. The van der Waals surface area contributed by atoms with E-state index in [1.165, 1.54) is 21.9 Å². The summed E-state index contributed by atoms with van der Waals surface area (Å²) in [6.07, 6.45) is 6.38. The number of hydrogen-bond donors (Lipinski definition) is 2. The molecule has 0 unspecified atom stereocenters. The summed E-state index contributed by atoms with van der Waals surface area (Å²) in [6.45, 7) is 3.00. The standard InChI is InChI=1S/C17H19N5S2/c18-16-20-12-6-9-22(10-7-13(12)23-16)8-2-4-11-3-1-5-14-15(11)21-17(19)24-14/h1-5H,6-10H2,(H2,18,20)(H2,19,21). The molecule has 0 saturated heterocycles. The molecule has 2 aromatic heterocycles. The molecule has 0 radical (unpaired) electrons. The lowest BCUT2D eigenvalue weighted by atomic mass is 10.2. The van der Waals surface area contributed by atoms with Gasteiger partial charge in [0.2, 0.25) is 0 Å². The molecule has 1 aliphatic rings. The number of rotatable bonds is 3. The molecule has 1 aromatic carbocycles. The Hall–Kier alpha value is -1.96. The molecular weight excluding hydrogens is 338 g/mol. The summed E-state index contributed by atoms with van der Waals surface area (Å²) in [5.41, 5.74) is 14.9. The van der Waals surface area contributed by atoms with Crippen LogP contribution in [-0.2, 0) is 12.8 Å². The van der Waals surface area contributed by atoms with Crippen LogP contribution in [0.25, 0.3) is 16.3 Å². The Bertz CT molecular complexity index is 870. The molecule has 3 aromatic rings. The smallest absolute Gasteiger partial charge is 0.181 e. The molecule has 5 nitrogen and oxygen atoms in total. The van der Waals surface area contributed by atoms with E-state index in [0.29, 0.717) is 10.3 Å². The molecule has 0 fully saturated rings. The Morgan fingerprint density at radius 2 is 1.92 bits per heavy atom. The number of hydrogen-bond acceptors (Lipinski definition) is 7. The zero-order chi connectivity index (χ0) is 16.5. The summed E-state index contributed by atoms with van der Waals surface area (Å²) in [7, 11) is 0. The van der Waals surface area contributed by atoms with Crippen molar-refractivity contribution in [3.63, 3.8) is 0 Å². The maximum atomic E-state index is 5.83. The number of anilines is 2. The van der Waals surface area contributed by atoms with E-state index in [1.807, 2.05) is 0 Å². The number of nitrogens with zero attached hydrogens (tertiary/aromatic N) is 3. The fraction of sp³-hybridized carbons (Fsp3) is 0.294. The summed E-state index contributed by atoms with van der Waals surface area (Å²) < 4.78 is 1.14. The Morgan fingerprint density at radius 3 is 2.83 bits per heavy atom. The van der Waals surface area contributed by atoms with Crippen molar-refractivity contribution in [1.82, 2.24) is 14.9 Å². The molecule has 0 spiro atoms. The largest absolute Gasteiger partial charge is 0.375 e. The van der Waals surface area contributed by atoms with Crippen LogP contribution in [0.4, 0.5) is 10.3 Å². The summed E-state index contributed by atoms with van der Waals surface area (Å²) >= 11 is 3.17. The zero-order valence-corrected chi connectivity index (χ0v) is 14.9. The van der Waals surface area contributed by atoms with E-state index in [-0.39, 0.29) is 0 Å². The Morgan fingerprint density at radius 1 is 1.08 bits per heavy atom. The number of nitrogens with two attached hydrogens (primary N) is 2. The molecule has 1 aliphatic heterocycles. The van der Waals surface area contributed by atoms with Crippen molar-refractivity contribution < 1.29 is 0 Å². The fourth-order valence-electron chi connectivity index (χ4n) is 3.06. The van der Waals surface area contributed by atoms with Crippen LogP contribution < -0.4 is 11.5 Å². The highest BCUT2D eigenvalue weighted by Crippen LogP contribution is 2.27. The first-order valence-corrected chi connectivity index (χ1v) is 9.60. The second-order valence-electron chi connectivity index (χ2n) is 5.87. The second kappa shape index (κ2) is 6.51. The quantitative estimate of drug-likeness (QED) is 0.753. The Labute approximate surface area is 148 Å². The van der Waals surface area contributed by atoms with Gasteiger partial charge >= 0.3 is 0 Å². The Kier molecular flexibility index (Phi) is 4.22. The van der Waals surface area contributed by atoms with Crippen LogP contribution in [0.15, 0.2) is 24.3 Å². The highest BCUT2D eigenvalue weighted by Gasteiger charge is 2.16. The minimum absolute atomic E-state index is 0.622. The third-order valence-corrected chi connectivity index (χ3v) is 6.08. The lowest BCUT2D eigenvalue weighted by Gasteiger charge is -2.17. The number of benzene rings is 1. The van der Waals surface area contributed by atoms with Crippen molar-refractivity contribution >= 4 is 49.2 Å². The lowest BCUT2D eigenvalue weighted by Crippen LogP contribution is -2.26. The van der Waals surface area contributed by atoms with Gasteiger partial charge in [0.1, 0.15) is 0 Å². The molecule has 7 heteroatoms. The van der Waals surface area contributed by atoms with Gasteiger partial charge in [-0.1, -0.05) is 35.6 Å². The molecule has 124 valence electrons. The van der Waals surface area contributed by atoms with E-state index in [0.717, 1.165) is 48.3 Å². The average molecular weight is 358 g/mol. The third-order valence-electron chi connectivity index (χ3n) is 4.24. The average Bonchev–Trinajstić information content (AvgIpc) is 3.06. The number of nitrogen functional groups attached to an aromatic ring is 2. The molecule has 4 rings (SSSR count). The number of thiazole rings is 2. The van der Waals surface area contributed by atoms with Crippen LogP contribution in [0.1, 0.15) is 16.1 Å². The first-order chi connectivity index (χ1) is 11.7. The van der Waals surface area contributed by atoms with Gasteiger partial charge in [0.15, 0.2) is 10.3 Å². The predicted octanol–water partition coefficient (Wildman–Crippen LogP) is 3.03. The van der Waals surface area contributed by atoms with Gasteiger partial charge in [-0.05, 0) is 12.5 Å². The molecule has 0 bridgehead atoms. The summed E-state index contributed by atoms with van der Waals surface area (Å²) in [6, 6.07) is 6.21. The molecule has 24 heavy (non-hydrogen) atoms. The van der Waals surface area contributed by atoms with Crippen LogP contribution in [-0.4, -0.2) is 34.5 Å². The maximum absolute atomic E-state index is 5.83. The van der Waals surface area contributed by atoms with E-state index in [1.54, 1.807) is 11.3 Å². The van der Waals surface area contributed by atoms with Gasteiger partial charge in [0.25, 0.3) is 0 Å². The van der Waals surface area contributed by atoms with Gasteiger partial charge in [-0.3, -0.25) is 4.90 Å². The highest BCUT2D eigenvalue weighted by atomic mass is 32.1. The van der Waals surface area contributed by atoms with Gasteiger partial charge in [-0.15, -0.1) is 11.3 Å². The molecule has 0 atom stereocenters. The minimum atomic E-state index is 0.622. The molecule has 0 amide bonds. The minimum Gasteiger partial charge on any atom is -0.375 e. The first-order valence-electron chi connectivity index (χ1n) is 7.97. The topological polar surface area (TPSA) is 81.1 Å². The summed E-state index contributed by atoms with van der Waals surface area (Å²) in [5.74, 6) is 0. The maximum Gasteiger partial charge on any atom is 0.181 e. The third kappa shape index (κ3) is 3.15. The second-order valence-corrected chi connectivity index (χ2v) is 8.05. The normalized spacial score (nSPS) is 15.8. The van der Waals surface area contributed by atoms with Crippen molar-refractivity contribution in [3.8, 4) is 0 Å². The van der Waals surface area contributed by atoms with E-state index in [4.69, 9.17) is 11.5 Å². The van der Waals surface area contributed by atoms with Crippen LogP contribution in [0, 0.1) is 0 Å². The molecular formula is C17H19N5S2. The van der Waals surface area contributed by atoms with Gasteiger partial charge in [-0.25, -0.2) is 9.97 Å². The lowest BCUT2D eigenvalue weighted by molar-refractivity contribution is 0.318. The zero-order valence-electron chi connectivity index (χ0n) is 13.2. The van der Waals surface area contributed by atoms with Crippen molar-refractivity contribution in [2.75, 3.05) is 31.1 Å². The monoisotopic (exact) mass is 357 g/mol. The molecule has 3 heterocycles. The van der Waals surface area contributed by atoms with Gasteiger partial charge < -0.3 is 11.5 Å². The Balaban J connectivity index is 1.43. The number of aromatic nitrogens is 2. The fourth-order valence-corrected chi connectivity index (χ4v) is 4.70. The number of fused-ring (bicyclic) bond motifs is 2. The van der Waals surface area contributed by atoms with E-state index in [2.05, 4.69) is 45.2 Å². The van der Waals surface area contributed by atoms with Crippen molar-refractivity contribution in [2.24, 2.45) is 0 Å². The molecule has 0 aliphatic carbocycles. The van der Waals surface area contributed by atoms with Gasteiger partial charge in [-0.2, -0.15) is 0 Å². The van der Waals surface area contributed by atoms with Crippen LogP contribution >= 0.6 is 22.7 Å². The summed E-state index contributed by atoms with van der Waals surface area (Å²) in [5, 5.41) is 1.32. The van der Waals surface area contributed by atoms with Crippen molar-refractivity contribution in [3.05, 3.63) is 40.4 Å². The van der Waals surface area contributed by atoms with Crippen LogP contribution in [0.3, 0.4) is 0 Å². The first kappa shape index (κ1) is 15.6. The van der Waals surface area contributed by atoms with E-state index in [9.17, 15) is 0 Å². The van der Waals surface area contributed by atoms with Gasteiger partial charge in [0, 0.05) is 36.5 Å². The van der Waals surface area contributed by atoms with Crippen LogP contribution in [0.2, 0.25) is 0 Å². The van der Waals surface area contributed by atoms with Crippen molar-refractivity contribution in [2.45, 2.75) is 12.8 Å². The highest BCUT2D eigenvalue weighted by molar-refractivity contribution is 7.22.